The number of carbonyl (C=O) groups excluding carboxylic acids is 2. The van der Waals surface area contributed by atoms with Crippen LogP contribution in [0, 0.1) is 11.8 Å². The van der Waals surface area contributed by atoms with E-state index in [4.69, 9.17) is 9.47 Å². The first-order chi connectivity index (χ1) is 15.0. The Bertz CT molecular complexity index is 886. The minimum absolute atomic E-state index is 0.0244. The Labute approximate surface area is 184 Å². The molecule has 1 aliphatic carbocycles. The van der Waals surface area contributed by atoms with Crippen molar-refractivity contribution in [3.63, 3.8) is 0 Å². The number of hydrogen-bond acceptors (Lipinski definition) is 5. The van der Waals surface area contributed by atoms with Crippen molar-refractivity contribution in [1.29, 1.82) is 0 Å². The van der Waals surface area contributed by atoms with Crippen LogP contribution in [0.25, 0.3) is 0 Å². The SMILES string of the molecule is COC(=O)Cc1ccc(OC[C@H]2C=C(COCc3ccccc3)CC[C@@H]2C(C)=O)cc1. The second-order valence-corrected chi connectivity index (χ2v) is 7.93. The number of benzene rings is 2. The maximum atomic E-state index is 12.1. The zero-order valence-corrected chi connectivity index (χ0v) is 18.2. The molecule has 1 aliphatic rings. The molecule has 0 saturated carbocycles. The Kier molecular flexibility index (Phi) is 8.42. The summed E-state index contributed by atoms with van der Waals surface area (Å²) in [5.41, 5.74) is 3.24. The summed E-state index contributed by atoms with van der Waals surface area (Å²) in [5.74, 6) is 0.638. The van der Waals surface area contributed by atoms with Crippen molar-refractivity contribution >= 4 is 11.8 Å². The lowest BCUT2D eigenvalue weighted by molar-refractivity contribution is -0.139. The highest BCUT2D eigenvalue weighted by atomic mass is 16.5. The predicted molar refractivity (Wildman–Crippen MR) is 119 cm³/mol. The highest BCUT2D eigenvalue weighted by molar-refractivity contribution is 5.79. The third-order valence-electron chi connectivity index (χ3n) is 5.61. The van der Waals surface area contributed by atoms with E-state index in [9.17, 15) is 9.59 Å². The molecular weight excluding hydrogens is 392 g/mol. The zero-order valence-electron chi connectivity index (χ0n) is 18.2. The number of Topliss-reactive ketones (excluding diaryl/α,β-unsaturated/α-hetero) is 1. The summed E-state index contributed by atoms with van der Waals surface area (Å²) in [4.78, 5) is 23.5. The Morgan fingerprint density at radius 2 is 1.71 bits per heavy atom. The Balaban J connectivity index is 1.56. The second kappa shape index (κ2) is 11.5. The van der Waals surface area contributed by atoms with Crippen LogP contribution in [0.1, 0.15) is 30.9 Å². The van der Waals surface area contributed by atoms with Crippen LogP contribution in [-0.2, 0) is 32.1 Å². The van der Waals surface area contributed by atoms with Gasteiger partial charge in [0, 0.05) is 11.8 Å². The number of hydrogen-bond donors (Lipinski definition) is 0. The van der Waals surface area contributed by atoms with Crippen LogP contribution in [0.4, 0.5) is 0 Å². The smallest absolute Gasteiger partial charge is 0.309 e. The van der Waals surface area contributed by atoms with Crippen molar-refractivity contribution in [3.8, 4) is 5.75 Å². The van der Waals surface area contributed by atoms with Gasteiger partial charge in [0.2, 0.25) is 0 Å². The van der Waals surface area contributed by atoms with Gasteiger partial charge in [0.15, 0.2) is 0 Å². The Morgan fingerprint density at radius 1 is 0.968 bits per heavy atom. The minimum Gasteiger partial charge on any atom is -0.493 e. The zero-order chi connectivity index (χ0) is 22.1. The molecule has 0 N–H and O–H groups in total. The van der Waals surface area contributed by atoms with Gasteiger partial charge < -0.3 is 14.2 Å². The maximum Gasteiger partial charge on any atom is 0.309 e. The molecule has 0 aliphatic heterocycles. The summed E-state index contributed by atoms with van der Waals surface area (Å²) in [6.45, 7) is 3.23. The van der Waals surface area contributed by atoms with E-state index in [1.165, 1.54) is 12.7 Å². The van der Waals surface area contributed by atoms with Gasteiger partial charge in [-0.1, -0.05) is 48.5 Å². The van der Waals surface area contributed by atoms with E-state index in [0.717, 1.165) is 29.7 Å². The molecule has 31 heavy (non-hydrogen) atoms. The lowest BCUT2D eigenvalue weighted by atomic mass is 9.79. The summed E-state index contributed by atoms with van der Waals surface area (Å²) in [6.07, 6.45) is 4.09. The van der Waals surface area contributed by atoms with Crippen LogP contribution in [0.3, 0.4) is 0 Å². The molecule has 0 amide bonds. The summed E-state index contributed by atoms with van der Waals surface area (Å²) in [5, 5.41) is 0. The van der Waals surface area contributed by atoms with Crippen LogP contribution in [0.5, 0.6) is 5.75 Å². The molecule has 3 rings (SSSR count). The molecule has 0 saturated heterocycles. The van der Waals surface area contributed by atoms with E-state index >= 15 is 0 Å². The van der Waals surface area contributed by atoms with Gasteiger partial charge in [-0.3, -0.25) is 9.59 Å². The second-order valence-electron chi connectivity index (χ2n) is 7.93. The topological polar surface area (TPSA) is 61.8 Å². The number of rotatable bonds is 10. The molecule has 0 unspecified atom stereocenters. The van der Waals surface area contributed by atoms with Crippen LogP contribution in [0.15, 0.2) is 66.2 Å². The molecule has 2 aromatic rings. The number of ether oxygens (including phenoxy) is 3. The fraction of sp³-hybridized carbons (Fsp3) is 0.385. The molecule has 2 aromatic carbocycles. The first-order valence-corrected chi connectivity index (χ1v) is 10.7. The quantitative estimate of drug-likeness (QED) is 0.416. The number of esters is 1. The van der Waals surface area contributed by atoms with Crippen LogP contribution in [-0.4, -0.2) is 32.1 Å². The number of carbonyl (C=O) groups is 2. The van der Waals surface area contributed by atoms with Gasteiger partial charge in [-0.25, -0.2) is 0 Å². The van der Waals surface area contributed by atoms with Gasteiger partial charge >= 0.3 is 5.97 Å². The summed E-state index contributed by atoms with van der Waals surface area (Å²) in [6, 6.07) is 17.5. The van der Waals surface area contributed by atoms with Crippen LogP contribution < -0.4 is 4.74 Å². The van der Waals surface area contributed by atoms with Crippen molar-refractivity contribution in [3.05, 3.63) is 77.4 Å². The van der Waals surface area contributed by atoms with E-state index in [0.29, 0.717) is 19.8 Å². The van der Waals surface area contributed by atoms with Gasteiger partial charge in [0.05, 0.1) is 33.4 Å². The summed E-state index contributed by atoms with van der Waals surface area (Å²) < 4.78 is 16.6. The average molecular weight is 423 g/mol. The monoisotopic (exact) mass is 422 g/mol. The van der Waals surface area contributed by atoms with Crippen molar-refractivity contribution in [2.24, 2.45) is 11.8 Å². The third-order valence-corrected chi connectivity index (χ3v) is 5.61. The molecule has 0 fully saturated rings. The molecule has 0 heterocycles. The van der Waals surface area contributed by atoms with Crippen molar-refractivity contribution in [2.45, 2.75) is 32.8 Å². The van der Waals surface area contributed by atoms with E-state index in [1.807, 2.05) is 54.6 Å². The molecule has 0 spiro atoms. The van der Waals surface area contributed by atoms with Gasteiger partial charge in [-0.15, -0.1) is 0 Å². The van der Waals surface area contributed by atoms with Crippen LogP contribution >= 0.6 is 0 Å². The van der Waals surface area contributed by atoms with Crippen LogP contribution in [0.2, 0.25) is 0 Å². The molecule has 5 nitrogen and oxygen atoms in total. The standard InChI is InChI=1S/C26H30O5/c1-19(27)25-13-10-22(17-30-16-21-6-4-3-5-7-21)14-23(25)18-31-24-11-8-20(9-12-24)15-26(28)29-2/h3-9,11-12,14,23,25H,10,13,15-18H2,1-2H3/t23-,25-/m1/s1. The predicted octanol–water partition coefficient (Wildman–Crippen LogP) is 4.54. The van der Waals surface area contributed by atoms with Crippen molar-refractivity contribution in [2.75, 3.05) is 20.3 Å². The van der Waals surface area contributed by atoms with E-state index in [1.54, 1.807) is 6.92 Å². The van der Waals surface area contributed by atoms with E-state index in [-0.39, 0.29) is 30.0 Å². The molecule has 0 aromatic heterocycles. The largest absolute Gasteiger partial charge is 0.493 e. The lowest BCUT2D eigenvalue weighted by Gasteiger charge is -2.28. The first kappa shape index (κ1) is 22.8. The van der Waals surface area contributed by atoms with Gasteiger partial charge in [-0.2, -0.15) is 0 Å². The lowest BCUT2D eigenvalue weighted by Crippen LogP contribution is -2.29. The molecule has 5 heteroatoms. The van der Waals surface area contributed by atoms with Gasteiger partial charge in [0.25, 0.3) is 0 Å². The molecule has 0 bridgehead atoms. The maximum absolute atomic E-state index is 12.1. The van der Waals surface area contributed by atoms with Crippen molar-refractivity contribution in [1.82, 2.24) is 0 Å². The van der Waals surface area contributed by atoms with Crippen molar-refractivity contribution < 1.29 is 23.8 Å². The highest BCUT2D eigenvalue weighted by Gasteiger charge is 2.28. The molecule has 0 radical (unpaired) electrons. The molecular formula is C26H30O5. The fourth-order valence-corrected chi connectivity index (χ4v) is 3.86. The molecule has 2 atom stereocenters. The normalized spacial score (nSPS) is 18.2. The summed E-state index contributed by atoms with van der Waals surface area (Å²) >= 11 is 0. The Hall–Kier alpha value is -2.92. The van der Waals surface area contributed by atoms with E-state index in [2.05, 4.69) is 10.8 Å². The fourth-order valence-electron chi connectivity index (χ4n) is 3.86. The van der Waals surface area contributed by atoms with Gasteiger partial charge in [-0.05, 0) is 48.6 Å². The highest BCUT2D eigenvalue weighted by Crippen LogP contribution is 2.31. The third kappa shape index (κ3) is 7.07. The number of methoxy groups -OCH3 is 1. The minimum atomic E-state index is -0.271. The Morgan fingerprint density at radius 3 is 2.39 bits per heavy atom. The van der Waals surface area contributed by atoms with E-state index < -0.39 is 0 Å². The molecule has 164 valence electrons. The first-order valence-electron chi connectivity index (χ1n) is 10.7. The summed E-state index contributed by atoms with van der Waals surface area (Å²) in [7, 11) is 1.38. The van der Waals surface area contributed by atoms with Gasteiger partial charge in [0.1, 0.15) is 11.5 Å². The number of ketones is 1. The average Bonchev–Trinajstić information content (AvgIpc) is 2.79.